The van der Waals surface area contributed by atoms with E-state index in [2.05, 4.69) is 0 Å². The van der Waals surface area contributed by atoms with Crippen molar-refractivity contribution in [1.29, 1.82) is 0 Å². The van der Waals surface area contributed by atoms with Crippen LogP contribution in [0.5, 0.6) is 0 Å². The summed E-state index contributed by atoms with van der Waals surface area (Å²) in [5.41, 5.74) is 0. The third-order valence-corrected chi connectivity index (χ3v) is 3.56. The summed E-state index contributed by atoms with van der Waals surface area (Å²) in [6.45, 7) is 0.697. The minimum atomic E-state index is -1.51. The Bertz CT molecular complexity index is 292. The maximum atomic E-state index is 12.3. The van der Waals surface area contributed by atoms with Gasteiger partial charge in [-0.05, 0) is 12.8 Å². The second-order valence-corrected chi connectivity index (χ2v) is 5.32. The van der Waals surface area contributed by atoms with Crippen molar-refractivity contribution in [2.24, 2.45) is 0 Å². The Morgan fingerprint density at radius 1 is 1.14 bits per heavy atom. The van der Waals surface area contributed by atoms with Crippen molar-refractivity contribution in [3.8, 4) is 0 Å². The molecule has 1 aliphatic heterocycles. The standard InChI is InChI=1S/C14H27FO7/c1-2-3-4-5-10(20-7-6-15)22-14-13(19)12(18)11(17)9(8-16)21-14/h9-14,16-19H,2-8H2,1H3/t9-,10+,11-,12+,13-,14+/m1/s1. The summed E-state index contributed by atoms with van der Waals surface area (Å²) in [4.78, 5) is 0. The minimum absolute atomic E-state index is 0.145. The van der Waals surface area contributed by atoms with Gasteiger partial charge >= 0.3 is 0 Å². The average Bonchev–Trinajstić information content (AvgIpc) is 2.52. The van der Waals surface area contributed by atoms with Gasteiger partial charge in [-0.15, -0.1) is 0 Å². The van der Waals surface area contributed by atoms with Gasteiger partial charge in [-0.3, -0.25) is 0 Å². The van der Waals surface area contributed by atoms with Gasteiger partial charge in [0.15, 0.2) is 12.6 Å². The summed E-state index contributed by atoms with van der Waals surface area (Å²) in [6, 6.07) is 0. The number of aliphatic hydroxyl groups is 4. The SMILES string of the molecule is CCCCC[C@@H](OCCF)O[C@@H]1O[C@H](CO)[C@@H](O)[C@H](O)[C@H]1O. The van der Waals surface area contributed by atoms with Crippen LogP contribution >= 0.6 is 0 Å². The maximum Gasteiger partial charge on any atom is 0.189 e. The Morgan fingerprint density at radius 3 is 2.45 bits per heavy atom. The summed E-state index contributed by atoms with van der Waals surface area (Å²) < 4.78 is 28.2. The molecule has 1 fully saturated rings. The van der Waals surface area contributed by atoms with Crippen LogP contribution in [0, 0.1) is 0 Å². The Hall–Kier alpha value is -0.350. The number of unbranched alkanes of at least 4 members (excludes halogenated alkanes) is 2. The average molecular weight is 326 g/mol. The van der Waals surface area contributed by atoms with Crippen molar-refractivity contribution in [1.82, 2.24) is 0 Å². The molecule has 1 aliphatic rings. The number of rotatable bonds is 10. The molecule has 1 heterocycles. The van der Waals surface area contributed by atoms with Crippen molar-refractivity contribution in [2.45, 2.75) is 69.6 Å². The molecule has 22 heavy (non-hydrogen) atoms. The number of aliphatic hydroxyl groups excluding tert-OH is 4. The van der Waals surface area contributed by atoms with Crippen molar-refractivity contribution in [2.75, 3.05) is 19.9 Å². The van der Waals surface area contributed by atoms with Gasteiger partial charge in [0.05, 0.1) is 13.2 Å². The number of alkyl halides is 1. The molecule has 132 valence electrons. The van der Waals surface area contributed by atoms with E-state index in [0.29, 0.717) is 6.42 Å². The fourth-order valence-electron chi connectivity index (χ4n) is 2.26. The van der Waals surface area contributed by atoms with Gasteiger partial charge in [0.1, 0.15) is 31.1 Å². The van der Waals surface area contributed by atoms with Crippen LogP contribution in [0.2, 0.25) is 0 Å². The first-order valence-electron chi connectivity index (χ1n) is 7.68. The lowest BCUT2D eigenvalue weighted by Crippen LogP contribution is -2.59. The van der Waals surface area contributed by atoms with Gasteiger partial charge in [-0.2, -0.15) is 0 Å². The zero-order valence-corrected chi connectivity index (χ0v) is 12.8. The summed E-state index contributed by atoms with van der Waals surface area (Å²) in [5, 5.41) is 38.4. The van der Waals surface area contributed by atoms with Crippen LogP contribution in [-0.4, -0.2) is 77.3 Å². The first-order valence-corrected chi connectivity index (χ1v) is 7.68. The molecule has 7 nitrogen and oxygen atoms in total. The smallest absolute Gasteiger partial charge is 0.189 e. The number of hydrogen-bond donors (Lipinski definition) is 4. The van der Waals surface area contributed by atoms with Crippen molar-refractivity contribution in [3.05, 3.63) is 0 Å². The summed E-state index contributed by atoms with van der Waals surface area (Å²) in [7, 11) is 0. The molecule has 4 N–H and O–H groups in total. The van der Waals surface area contributed by atoms with E-state index in [0.717, 1.165) is 19.3 Å². The summed E-state index contributed by atoms with van der Waals surface area (Å²) in [5.74, 6) is 0. The van der Waals surface area contributed by atoms with Crippen LogP contribution in [0.4, 0.5) is 4.39 Å². The molecular weight excluding hydrogens is 299 g/mol. The zero-order valence-electron chi connectivity index (χ0n) is 12.8. The molecule has 0 aromatic heterocycles. The molecule has 0 radical (unpaired) electrons. The van der Waals surface area contributed by atoms with Gasteiger partial charge < -0.3 is 34.6 Å². The van der Waals surface area contributed by atoms with E-state index in [4.69, 9.17) is 19.3 Å². The molecule has 0 aliphatic carbocycles. The van der Waals surface area contributed by atoms with Crippen molar-refractivity contribution in [3.63, 3.8) is 0 Å². The number of ether oxygens (including phenoxy) is 3. The third-order valence-electron chi connectivity index (χ3n) is 3.56. The van der Waals surface area contributed by atoms with Crippen LogP contribution in [-0.2, 0) is 14.2 Å². The molecule has 0 aromatic rings. The Balaban J connectivity index is 2.60. The van der Waals surface area contributed by atoms with Crippen LogP contribution in [0.1, 0.15) is 32.6 Å². The van der Waals surface area contributed by atoms with Crippen molar-refractivity contribution >= 4 is 0 Å². The molecule has 0 unspecified atom stereocenters. The first kappa shape index (κ1) is 19.7. The lowest BCUT2D eigenvalue weighted by molar-refractivity contribution is -0.338. The molecule has 6 atom stereocenters. The normalized spacial score (nSPS) is 33.8. The van der Waals surface area contributed by atoms with Crippen LogP contribution in [0.3, 0.4) is 0 Å². The van der Waals surface area contributed by atoms with E-state index >= 15 is 0 Å². The molecule has 0 amide bonds. The van der Waals surface area contributed by atoms with Gasteiger partial charge in [-0.25, -0.2) is 4.39 Å². The Morgan fingerprint density at radius 2 is 1.86 bits per heavy atom. The van der Waals surface area contributed by atoms with Gasteiger partial charge in [0, 0.05) is 0 Å². The molecule has 0 aromatic carbocycles. The van der Waals surface area contributed by atoms with Crippen LogP contribution in [0.25, 0.3) is 0 Å². The van der Waals surface area contributed by atoms with E-state index in [9.17, 15) is 19.7 Å². The number of hydrogen-bond acceptors (Lipinski definition) is 7. The highest BCUT2D eigenvalue weighted by molar-refractivity contribution is 4.89. The van der Waals surface area contributed by atoms with Crippen molar-refractivity contribution < 1.29 is 39.0 Å². The Labute approximate surface area is 129 Å². The minimum Gasteiger partial charge on any atom is -0.394 e. The topological polar surface area (TPSA) is 109 Å². The molecular formula is C14H27FO7. The second-order valence-electron chi connectivity index (χ2n) is 5.32. The predicted octanol–water partition coefficient (Wildman–Crippen LogP) is -0.305. The van der Waals surface area contributed by atoms with Crippen LogP contribution in [0.15, 0.2) is 0 Å². The largest absolute Gasteiger partial charge is 0.394 e. The number of halogens is 1. The monoisotopic (exact) mass is 326 g/mol. The van der Waals surface area contributed by atoms with E-state index in [1.165, 1.54) is 0 Å². The van der Waals surface area contributed by atoms with E-state index in [1.807, 2.05) is 6.92 Å². The molecule has 0 bridgehead atoms. The summed E-state index contributed by atoms with van der Waals surface area (Å²) >= 11 is 0. The molecule has 1 saturated heterocycles. The molecule has 1 rings (SSSR count). The van der Waals surface area contributed by atoms with Gasteiger partial charge in [0.25, 0.3) is 0 Å². The third kappa shape index (κ3) is 5.69. The fraction of sp³-hybridized carbons (Fsp3) is 1.00. The highest BCUT2D eigenvalue weighted by Crippen LogP contribution is 2.24. The van der Waals surface area contributed by atoms with Gasteiger partial charge in [-0.1, -0.05) is 19.8 Å². The maximum absolute atomic E-state index is 12.3. The first-order chi connectivity index (χ1) is 10.5. The van der Waals surface area contributed by atoms with Crippen LogP contribution < -0.4 is 0 Å². The van der Waals surface area contributed by atoms with E-state index in [-0.39, 0.29) is 6.61 Å². The van der Waals surface area contributed by atoms with Gasteiger partial charge in [0.2, 0.25) is 0 Å². The predicted molar refractivity (Wildman–Crippen MR) is 74.7 cm³/mol. The highest BCUT2D eigenvalue weighted by Gasteiger charge is 2.44. The quantitative estimate of drug-likeness (QED) is 0.322. The second kappa shape index (κ2) is 10.4. The summed E-state index contributed by atoms with van der Waals surface area (Å²) in [6.07, 6.45) is -4.29. The van der Waals surface area contributed by atoms with E-state index < -0.39 is 50.3 Å². The van der Waals surface area contributed by atoms with E-state index in [1.54, 1.807) is 0 Å². The fourth-order valence-corrected chi connectivity index (χ4v) is 2.26. The lowest BCUT2D eigenvalue weighted by atomic mass is 9.99. The lowest BCUT2D eigenvalue weighted by Gasteiger charge is -2.40. The highest BCUT2D eigenvalue weighted by atomic mass is 19.1. The zero-order chi connectivity index (χ0) is 16.5. The molecule has 0 saturated carbocycles. The molecule has 0 spiro atoms. The Kier molecular flexibility index (Phi) is 9.34. The molecule has 8 heteroatoms.